The molecule has 1 aromatic heterocycles. The molecule has 0 radical (unpaired) electrons. The Morgan fingerprint density at radius 2 is 2.17 bits per heavy atom. The molecule has 0 saturated carbocycles. The van der Waals surface area contributed by atoms with Crippen molar-refractivity contribution in [2.45, 2.75) is 0 Å². The number of aromatic nitrogens is 1. The maximum atomic E-state index is 12.0. The summed E-state index contributed by atoms with van der Waals surface area (Å²) in [5, 5.41) is 11.5. The highest BCUT2D eigenvalue weighted by Gasteiger charge is 2.08. The number of nitrogens with zero attached hydrogens (tertiary/aromatic N) is 2. The van der Waals surface area contributed by atoms with Gasteiger partial charge in [0.15, 0.2) is 0 Å². The lowest BCUT2D eigenvalue weighted by Crippen LogP contribution is -2.12. The van der Waals surface area contributed by atoms with E-state index in [1.54, 1.807) is 42.6 Å². The average molecular weight is 302 g/mol. The Morgan fingerprint density at radius 1 is 1.33 bits per heavy atom. The molecule has 2 aromatic rings. The fraction of sp³-hybridized carbons (Fsp3) is 0. The van der Waals surface area contributed by atoms with Gasteiger partial charge in [0.05, 0.1) is 17.3 Å². The number of anilines is 1. The van der Waals surface area contributed by atoms with Gasteiger partial charge in [0.25, 0.3) is 5.91 Å². The number of nitrogens with one attached hydrogen (secondary N) is 1. The van der Waals surface area contributed by atoms with E-state index in [9.17, 15) is 4.79 Å². The van der Waals surface area contributed by atoms with Gasteiger partial charge in [0.1, 0.15) is 4.60 Å². The first kappa shape index (κ1) is 12.3. The first-order valence-corrected chi connectivity index (χ1v) is 5.92. The van der Waals surface area contributed by atoms with Crippen LogP contribution in [-0.2, 0) is 0 Å². The number of nitriles is 1. The minimum absolute atomic E-state index is 0.277. The zero-order valence-electron chi connectivity index (χ0n) is 9.22. The molecule has 2 rings (SSSR count). The van der Waals surface area contributed by atoms with Crippen molar-refractivity contribution in [2.24, 2.45) is 0 Å². The number of amides is 1. The number of hydrogen-bond donors (Lipinski definition) is 1. The second kappa shape index (κ2) is 5.43. The molecule has 0 bridgehead atoms. The number of benzene rings is 1. The highest BCUT2D eigenvalue weighted by atomic mass is 79.9. The average Bonchev–Trinajstić information content (AvgIpc) is 2.41. The number of pyridine rings is 1. The van der Waals surface area contributed by atoms with Crippen molar-refractivity contribution >= 4 is 27.5 Å². The summed E-state index contributed by atoms with van der Waals surface area (Å²) in [5.41, 5.74) is 1.47. The molecule has 1 N–H and O–H groups in total. The third-order valence-corrected chi connectivity index (χ3v) is 2.89. The van der Waals surface area contributed by atoms with Gasteiger partial charge in [-0.25, -0.2) is 4.98 Å². The summed E-state index contributed by atoms with van der Waals surface area (Å²) in [7, 11) is 0. The summed E-state index contributed by atoms with van der Waals surface area (Å²) in [6.45, 7) is 0. The normalized spacial score (nSPS) is 9.56. The van der Waals surface area contributed by atoms with Crippen molar-refractivity contribution < 1.29 is 4.79 Å². The van der Waals surface area contributed by atoms with E-state index >= 15 is 0 Å². The van der Waals surface area contributed by atoms with Crippen LogP contribution in [0, 0.1) is 11.3 Å². The molecule has 0 saturated heterocycles. The van der Waals surface area contributed by atoms with E-state index in [-0.39, 0.29) is 5.91 Å². The largest absolute Gasteiger partial charge is 0.320 e. The zero-order chi connectivity index (χ0) is 13.0. The molecule has 4 nitrogen and oxygen atoms in total. The second-order valence-electron chi connectivity index (χ2n) is 3.49. The number of carbonyl (C=O) groups excluding carboxylic acids is 1. The van der Waals surface area contributed by atoms with E-state index < -0.39 is 0 Å². The Morgan fingerprint density at radius 3 is 2.89 bits per heavy atom. The molecule has 0 aliphatic rings. The molecular formula is C13H8BrN3O. The van der Waals surface area contributed by atoms with Gasteiger partial charge in [-0.05, 0) is 46.3 Å². The Hall–Kier alpha value is -2.19. The van der Waals surface area contributed by atoms with Crippen LogP contribution in [0.2, 0.25) is 0 Å². The van der Waals surface area contributed by atoms with Crippen LogP contribution in [0.4, 0.5) is 5.69 Å². The number of carbonyl (C=O) groups is 1. The minimum atomic E-state index is -0.277. The van der Waals surface area contributed by atoms with Gasteiger partial charge < -0.3 is 5.32 Å². The highest BCUT2D eigenvalue weighted by Crippen LogP contribution is 2.19. The lowest BCUT2D eigenvalue weighted by molar-refractivity contribution is 0.102. The van der Waals surface area contributed by atoms with E-state index in [0.29, 0.717) is 21.4 Å². The summed E-state index contributed by atoms with van der Waals surface area (Å²) < 4.78 is 0.565. The molecule has 5 heteroatoms. The SMILES string of the molecule is N#Cc1cccc(C(=O)Nc2cccnc2Br)c1. The summed E-state index contributed by atoms with van der Waals surface area (Å²) in [5.74, 6) is -0.277. The molecule has 0 unspecified atom stereocenters. The van der Waals surface area contributed by atoms with Crippen LogP contribution in [-0.4, -0.2) is 10.9 Å². The van der Waals surface area contributed by atoms with Crippen LogP contribution in [0.15, 0.2) is 47.2 Å². The van der Waals surface area contributed by atoms with Gasteiger partial charge in [0, 0.05) is 11.8 Å². The van der Waals surface area contributed by atoms with Crippen LogP contribution in [0.5, 0.6) is 0 Å². The van der Waals surface area contributed by atoms with E-state index in [2.05, 4.69) is 26.2 Å². The standard InChI is InChI=1S/C13H8BrN3O/c14-12-11(5-2-6-16-12)17-13(18)10-4-1-3-9(7-10)8-15/h1-7H,(H,17,18). The van der Waals surface area contributed by atoms with Crippen LogP contribution in [0.25, 0.3) is 0 Å². The van der Waals surface area contributed by atoms with Crippen molar-refractivity contribution in [2.75, 3.05) is 5.32 Å². The van der Waals surface area contributed by atoms with Crippen LogP contribution in [0.3, 0.4) is 0 Å². The van der Waals surface area contributed by atoms with Crippen molar-refractivity contribution in [1.82, 2.24) is 4.98 Å². The first-order chi connectivity index (χ1) is 8.70. The predicted octanol–water partition coefficient (Wildman–Crippen LogP) is 2.97. The van der Waals surface area contributed by atoms with Crippen molar-refractivity contribution in [3.63, 3.8) is 0 Å². The summed E-state index contributed by atoms with van der Waals surface area (Å²) in [4.78, 5) is 16.0. The number of halogens is 1. The third-order valence-electron chi connectivity index (χ3n) is 2.26. The molecule has 0 aliphatic carbocycles. The Labute approximate surface area is 112 Å². The maximum absolute atomic E-state index is 12.0. The van der Waals surface area contributed by atoms with E-state index in [1.165, 1.54) is 0 Å². The van der Waals surface area contributed by atoms with Gasteiger partial charge in [-0.15, -0.1) is 0 Å². The second-order valence-corrected chi connectivity index (χ2v) is 4.24. The summed E-state index contributed by atoms with van der Waals surface area (Å²) in [6.07, 6.45) is 1.62. The van der Waals surface area contributed by atoms with Gasteiger partial charge in [-0.3, -0.25) is 4.79 Å². The first-order valence-electron chi connectivity index (χ1n) is 5.13. The Kier molecular flexibility index (Phi) is 3.70. The summed E-state index contributed by atoms with van der Waals surface area (Å²) >= 11 is 3.25. The molecular weight excluding hydrogens is 294 g/mol. The fourth-order valence-electron chi connectivity index (χ4n) is 1.40. The molecule has 0 aliphatic heterocycles. The fourth-order valence-corrected chi connectivity index (χ4v) is 1.75. The predicted molar refractivity (Wildman–Crippen MR) is 71.0 cm³/mol. The van der Waals surface area contributed by atoms with Gasteiger partial charge in [-0.2, -0.15) is 5.26 Å². The van der Waals surface area contributed by atoms with Crippen LogP contribution >= 0.6 is 15.9 Å². The monoisotopic (exact) mass is 301 g/mol. The van der Waals surface area contributed by atoms with Gasteiger partial charge >= 0.3 is 0 Å². The topological polar surface area (TPSA) is 65.8 Å². The van der Waals surface area contributed by atoms with Gasteiger partial charge in [-0.1, -0.05) is 6.07 Å². The molecule has 18 heavy (non-hydrogen) atoms. The zero-order valence-corrected chi connectivity index (χ0v) is 10.8. The van der Waals surface area contributed by atoms with Crippen molar-refractivity contribution in [1.29, 1.82) is 5.26 Å². The molecule has 1 heterocycles. The summed E-state index contributed by atoms with van der Waals surface area (Å²) in [6, 6.07) is 12.0. The van der Waals surface area contributed by atoms with Gasteiger partial charge in [0.2, 0.25) is 0 Å². The molecule has 88 valence electrons. The van der Waals surface area contributed by atoms with E-state index in [0.717, 1.165) is 0 Å². The molecule has 1 aromatic carbocycles. The lowest BCUT2D eigenvalue weighted by atomic mass is 10.1. The minimum Gasteiger partial charge on any atom is -0.320 e. The number of hydrogen-bond acceptors (Lipinski definition) is 3. The maximum Gasteiger partial charge on any atom is 0.255 e. The lowest BCUT2D eigenvalue weighted by Gasteiger charge is -2.06. The smallest absolute Gasteiger partial charge is 0.255 e. The van der Waals surface area contributed by atoms with Crippen LogP contribution < -0.4 is 5.32 Å². The highest BCUT2D eigenvalue weighted by molar-refractivity contribution is 9.10. The number of rotatable bonds is 2. The quantitative estimate of drug-likeness (QED) is 0.867. The van der Waals surface area contributed by atoms with Crippen LogP contribution in [0.1, 0.15) is 15.9 Å². The third kappa shape index (κ3) is 2.73. The molecule has 0 atom stereocenters. The molecule has 0 spiro atoms. The molecule has 1 amide bonds. The van der Waals surface area contributed by atoms with E-state index in [4.69, 9.17) is 5.26 Å². The van der Waals surface area contributed by atoms with Crippen molar-refractivity contribution in [3.05, 3.63) is 58.3 Å². The molecule has 0 fully saturated rings. The Balaban J connectivity index is 2.23. The van der Waals surface area contributed by atoms with Crippen molar-refractivity contribution in [3.8, 4) is 6.07 Å². The van der Waals surface area contributed by atoms with E-state index in [1.807, 2.05) is 6.07 Å². The Bertz CT molecular complexity index is 634.